The van der Waals surface area contributed by atoms with Crippen LogP contribution in [0.5, 0.6) is 5.88 Å². The second-order valence-corrected chi connectivity index (χ2v) is 3.10. The van der Waals surface area contributed by atoms with E-state index in [0.717, 1.165) is 6.07 Å². The molecule has 0 atom stereocenters. The molecular formula is C9H7F5N2O2. The molecule has 0 aliphatic rings. The highest BCUT2D eigenvalue weighted by atomic mass is 19.4. The average molecular weight is 270 g/mol. The van der Waals surface area contributed by atoms with Gasteiger partial charge in [0.1, 0.15) is 5.69 Å². The molecule has 1 aromatic heterocycles. The number of rotatable bonds is 4. The topological polar surface area (TPSA) is 65.2 Å². The molecule has 9 heteroatoms. The molecule has 18 heavy (non-hydrogen) atoms. The third-order valence-electron chi connectivity index (χ3n) is 1.90. The minimum atomic E-state index is -5.14. The van der Waals surface area contributed by atoms with Crippen LogP contribution in [-0.2, 0) is 6.54 Å². The maximum Gasteiger partial charge on any atom is 0.574 e. The van der Waals surface area contributed by atoms with Crippen molar-refractivity contribution in [3.8, 4) is 5.88 Å². The number of ether oxygens (including phenoxy) is 1. The highest BCUT2D eigenvalue weighted by Crippen LogP contribution is 2.29. The predicted molar refractivity (Wildman–Crippen MR) is 49.2 cm³/mol. The highest BCUT2D eigenvalue weighted by molar-refractivity contribution is 5.80. The van der Waals surface area contributed by atoms with E-state index in [1.807, 2.05) is 0 Å². The van der Waals surface area contributed by atoms with E-state index in [1.54, 1.807) is 0 Å². The van der Waals surface area contributed by atoms with Crippen molar-refractivity contribution in [2.45, 2.75) is 19.3 Å². The molecule has 0 saturated heterocycles. The van der Waals surface area contributed by atoms with Crippen molar-refractivity contribution in [1.82, 2.24) is 4.98 Å². The summed E-state index contributed by atoms with van der Waals surface area (Å²) in [6.07, 6.45) is -8.23. The summed E-state index contributed by atoms with van der Waals surface area (Å²) in [6.45, 7) is -0.398. The van der Waals surface area contributed by atoms with Gasteiger partial charge in [-0.1, -0.05) is 0 Å². The summed E-state index contributed by atoms with van der Waals surface area (Å²) in [7, 11) is 0. The van der Waals surface area contributed by atoms with Crippen LogP contribution in [0, 0.1) is 0 Å². The van der Waals surface area contributed by atoms with Gasteiger partial charge in [0.2, 0.25) is 5.88 Å². The van der Waals surface area contributed by atoms with E-state index < -0.39 is 36.5 Å². The lowest BCUT2D eigenvalue weighted by molar-refractivity contribution is -0.276. The van der Waals surface area contributed by atoms with Gasteiger partial charge in [0.25, 0.3) is 6.43 Å². The van der Waals surface area contributed by atoms with E-state index >= 15 is 0 Å². The Morgan fingerprint density at radius 1 is 1.44 bits per heavy atom. The fraction of sp³-hybridized carbons (Fsp3) is 0.333. The zero-order valence-corrected chi connectivity index (χ0v) is 8.67. The minimum absolute atomic E-state index is 0.0194. The third kappa shape index (κ3) is 3.36. The Morgan fingerprint density at radius 3 is 2.44 bits per heavy atom. The fourth-order valence-electron chi connectivity index (χ4n) is 1.20. The molecule has 0 fully saturated rings. The largest absolute Gasteiger partial charge is 0.574 e. The van der Waals surface area contributed by atoms with E-state index in [0.29, 0.717) is 0 Å². The molecule has 1 aromatic rings. The first kappa shape index (κ1) is 14.3. The summed E-state index contributed by atoms with van der Waals surface area (Å²) < 4.78 is 64.3. The van der Waals surface area contributed by atoms with Crippen LogP contribution in [0.25, 0.3) is 0 Å². The number of nitrogens with zero attached hydrogens (tertiary/aromatic N) is 1. The number of aromatic nitrogens is 1. The number of hydrogen-bond acceptors (Lipinski definition) is 4. The van der Waals surface area contributed by atoms with Gasteiger partial charge in [-0.3, -0.25) is 4.79 Å². The normalized spacial score (nSPS) is 11.7. The lowest BCUT2D eigenvalue weighted by Crippen LogP contribution is -2.20. The van der Waals surface area contributed by atoms with E-state index in [-0.39, 0.29) is 11.8 Å². The lowest BCUT2D eigenvalue weighted by Gasteiger charge is -2.13. The SMILES string of the molecule is NCc1cc(C(F)F)nc(OC(F)(F)F)c1C=O. The monoisotopic (exact) mass is 270 g/mol. The van der Waals surface area contributed by atoms with Gasteiger partial charge in [0.05, 0.1) is 5.56 Å². The van der Waals surface area contributed by atoms with Crippen molar-refractivity contribution in [3.05, 3.63) is 22.9 Å². The summed E-state index contributed by atoms with van der Waals surface area (Å²) in [4.78, 5) is 13.6. The Morgan fingerprint density at radius 2 is 2.06 bits per heavy atom. The third-order valence-corrected chi connectivity index (χ3v) is 1.90. The van der Waals surface area contributed by atoms with Crippen molar-refractivity contribution in [2.75, 3.05) is 0 Å². The van der Waals surface area contributed by atoms with Crippen LogP contribution in [0.4, 0.5) is 22.0 Å². The van der Waals surface area contributed by atoms with Crippen molar-refractivity contribution >= 4 is 6.29 Å². The molecule has 1 heterocycles. The van der Waals surface area contributed by atoms with Crippen LogP contribution in [0.2, 0.25) is 0 Å². The first-order valence-electron chi connectivity index (χ1n) is 4.51. The first-order chi connectivity index (χ1) is 8.28. The smallest absolute Gasteiger partial charge is 0.387 e. The van der Waals surface area contributed by atoms with Gasteiger partial charge in [0.15, 0.2) is 6.29 Å². The van der Waals surface area contributed by atoms with Crippen LogP contribution in [0.1, 0.15) is 28.0 Å². The molecule has 0 aliphatic heterocycles. The van der Waals surface area contributed by atoms with Crippen LogP contribution >= 0.6 is 0 Å². The van der Waals surface area contributed by atoms with E-state index in [4.69, 9.17) is 5.73 Å². The number of aldehydes is 1. The van der Waals surface area contributed by atoms with Gasteiger partial charge in [-0.25, -0.2) is 13.8 Å². The number of carbonyl (C=O) groups excluding carboxylic acids is 1. The lowest BCUT2D eigenvalue weighted by atomic mass is 10.1. The number of nitrogens with two attached hydrogens (primary N) is 1. The Balaban J connectivity index is 3.35. The Kier molecular flexibility index (Phi) is 4.17. The van der Waals surface area contributed by atoms with E-state index in [1.165, 1.54) is 0 Å². The van der Waals surface area contributed by atoms with Gasteiger partial charge >= 0.3 is 6.36 Å². The molecule has 0 aliphatic carbocycles. The standard InChI is InChI=1S/C9H7F5N2O2/c10-7(11)6-1-4(2-15)5(3-17)8(16-6)18-9(12,13)14/h1,3,7H,2,15H2. The maximum atomic E-state index is 12.4. The van der Waals surface area contributed by atoms with Crippen molar-refractivity contribution in [1.29, 1.82) is 0 Å². The number of pyridine rings is 1. The quantitative estimate of drug-likeness (QED) is 0.672. The van der Waals surface area contributed by atoms with Gasteiger partial charge in [-0.2, -0.15) is 0 Å². The number of alkyl halides is 5. The predicted octanol–water partition coefficient (Wildman–Crippen LogP) is 2.19. The van der Waals surface area contributed by atoms with Gasteiger partial charge in [-0.05, 0) is 11.6 Å². The second kappa shape index (κ2) is 5.25. The molecule has 0 spiro atoms. The second-order valence-electron chi connectivity index (χ2n) is 3.10. The molecule has 0 aromatic carbocycles. The van der Waals surface area contributed by atoms with E-state index in [2.05, 4.69) is 9.72 Å². The van der Waals surface area contributed by atoms with Gasteiger partial charge in [-0.15, -0.1) is 13.2 Å². The average Bonchev–Trinajstić information content (AvgIpc) is 2.25. The fourth-order valence-corrected chi connectivity index (χ4v) is 1.20. The van der Waals surface area contributed by atoms with Crippen LogP contribution < -0.4 is 10.5 Å². The van der Waals surface area contributed by atoms with Gasteiger partial charge in [0, 0.05) is 6.54 Å². The molecule has 0 amide bonds. The number of halogens is 5. The van der Waals surface area contributed by atoms with E-state index in [9.17, 15) is 26.7 Å². The molecule has 1 rings (SSSR count). The zero-order chi connectivity index (χ0) is 13.9. The molecular weight excluding hydrogens is 263 g/mol. The summed E-state index contributed by atoms with van der Waals surface area (Å²) in [5, 5.41) is 0. The van der Waals surface area contributed by atoms with Crippen LogP contribution in [0.3, 0.4) is 0 Å². The van der Waals surface area contributed by atoms with Crippen LogP contribution in [-0.4, -0.2) is 17.6 Å². The Bertz CT molecular complexity index is 447. The van der Waals surface area contributed by atoms with Crippen molar-refractivity contribution < 1.29 is 31.5 Å². The molecule has 0 radical (unpaired) electrons. The minimum Gasteiger partial charge on any atom is -0.387 e. The van der Waals surface area contributed by atoms with Crippen molar-refractivity contribution in [3.63, 3.8) is 0 Å². The summed E-state index contributed by atoms with van der Waals surface area (Å²) in [6, 6.07) is 0.762. The van der Waals surface area contributed by atoms with Gasteiger partial charge < -0.3 is 10.5 Å². The summed E-state index contributed by atoms with van der Waals surface area (Å²) >= 11 is 0. The first-order valence-corrected chi connectivity index (χ1v) is 4.51. The molecule has 100 valence electrons. The molecule has 2 N–H and O–H groups in total. The van der Waals surface area contributed by atoms with Crippen LogP contribution in [0.15, 0.2) is 6.07 Å². The molecule has 0 bridgehead atoms. The Labute approximate surface area is 97.6 Å². The zero-order valence-electron chi connectivity index (χ0n) is 8.67. The van der Waals surface area contributed by atoms with Crippen molar-refractivity contribution in [2.24, 2.45) is 5.73 Å². The Hall–Kier alpha value is -1.77. The maximum absolute atomic E-state index is 12.4. The summed E-state index contributed by atoms with van der Waals surface area (Å²) in [5.74, 6) is -1.23. The molecule has 0 saturated carbocycles. The highest BCUT2D eigenvalue weighted by Gasteiger charge is 2.34. The molecule has 4 nitrogen and oxygen atoms in total. The summed E-state index contributed by atoms with van der Waals surface area (Å²) in [5.41, 5.74) is 3.42. The number of carbonyl (C=O) groups is 1. The molecule has 0 unspecified atom stereocenters. The number of hydrogen-bond donors (Lipinski definition) is 1.